The van der Waals surface area contributed by atoms with Crippen molar-refractivity contribution in [2.24, 2.45) is 17.6 Å². The predicted molar refractivity (Wildman–Crippen MR) is 78.7 cm³/mol. The van der Waals surface area contributed by atoms with Gasteiger partial charge in [-0.3, -0.25) is 4.79 Å². The minimum Gasteiger partial charge on any atom is -0.342 e. The third-order valence-electron chi connectivity index (χ3n) is 4.32. The van der Waals surface area contributed by atoms with Crippen molar-refractivity contribution in [3.8, 4) is 0 Å². The maximum absolute atomic E-state index is 12.4. The van der Waals surface area contributed by atoms with Gasteiger partial charge in [0.1, 0.15) is 0 Å². The van der Waals surface area contributed by atoms with Crippen LogP contribution < -0.4 is 5.73 Å². The fourth-order valence-electron chi connectivity index (χ4n) is 3.03. The Morgan fingerprint density at radius 1 is 1.47 bits per heavy atom. The van der Waals surface area contributed by atoms with E-state index in [0.29, 0.717) is 24.3 Å². The number of hydrogen-bond acceptors (Lipinski definition) is 2. The Kier molecular flexibility index (Phi) is 3.63. The van der Waals surface area contributed by atoms with Gasteiger partial charge in [0.25, 0.3) is 0 Å². The lowest BCUT2D eigenvalue weighted by Gasteiger charge is -2.16. The van der Waals surface area contributed by atoms with Crippen molar-refractivity contribution in [3.63, 3.8) is 0 Å². The molecule has 1 saturated carbocycles. The molecule has 1 amide bonds. The molecular formula is C15H19BrN2O. The lowest BCUT2D eigenvalue weighted by molar-refractivity contribution is -0.131. The highest BCUT2D eigenvalue weighted by Crippen LogP contribution is 2.49. The molecule has 2 N–H and O–H groups in total. The van der Waals surface area contributed by atoms with Crippen LogP contribution in [0.1, 0.15) is 24.3 Å². The maximum atomic E-state index is 12.4. The molecule has 3 atom stereocenters. The normalized spacial score (nSPS) is 29.6. The molecule has 0 bridgehead atoms. The largest absolute Gasteiger partial charge is 0.342 e. The van der Waals surface area contributed by atoms with Gasteiger partial charge >= 0.3 is 0 Å². The molecule has 1 saturated heterocycles. The average Bonchev–Trinajstić information content (AvgIpc) is 3.07. The first-order valence-corrected chi connectivity index (χ1v) is 7.72. The van der Waals surface area contributed by atoms with E-state index in [1.54, 1.807) is 0 Å². The summed E-state index contributed by atoms with van der Waals surface area (Å²) in [5.74, 6) is 1.46. The van der Waals surface area contributed by atoms with Crippen molar-refractivity contribution in [2.75, 3.05) is 19.6 Å². The molecule has 3 unspecified atom stereocenters. The molecule has 0 radical (unpaired) electrons. The molecule has 3 rings (SSSR count). The summed E-state index contributed by atoms with van der Waals surface area (Å²) < 4.78 is 1.09. The van der Waals surface area contributed by atoms with Gasteiger partial charge in [0.05, 0.1) is 0 Å². The summed E-state index contributed by atoms with van der Waals surface area (Å²) in [6.45, 7) is 2.45. The van der Waals surface area contributed by atoms with Gasteiger partial charge in [0.15, 0.2) is 0 Å². The Morgan fingerprint density at radius 2 is 2.32 bits per heavy atom. The van der Waals surface area contributed by atoms with E-state index in [-0.39, 0.29) is 5.92 Å². The summed E-state index contributed by atoms with van der Waals surface area (Å²) in [7, 11) is 0. The smallest absolute Gasteiger partial charge is 0.226 e. The Morgan fingerprint density at radius 3 is 3.00 bits per heavy atom. The highest BCUT2D eigenvalue weighted by molar-refractivity contribution is 9.10. The van der Waals surface area contributed by atoms with E-state index < -0.39 is 0 Å². The number of nitrogens with zero attached hydrogens (tertiary/aromatic N) is 1. The van der Waals surface area contributed by atoms with Crippen LogP contribution in [0.2, 0.25) is 0 Å². The molecule has 3 nitrogen and oxygen atoms in total. The number of rotatable bonds is 3. The molecule has 102 valence electrons. The predicted octanol–water partition coefficient (Wildman–Crippen LogP) is 2.36. The number of halogens is 1. The van der Waals surface area contributed by atoms with E-state index in [1.165, 1.54) is 5.56 Å². The van der Waals surface area contributed by atoms with Crippen LogP contribution >= 0.6 is 15.9 Å². The molecule has 1 aromatic carbocycles. The highest BCUT2D eigenvalue weighted by Gasteiger charge is 2.46. The molecule has 1 aromatic rings. The summed E-state index contributed by atoms with van der Waals surface area (Å²) in [6.07, 6.45) is 2.07. The summed E-state index contributed by atoms with van der Waals surface area (Å²) in [4.78, 5) is 14.4. The number of carbonyl (C=O) groups excluding carboxylic acids is 1. The fraction of sp³-hybridized carbons (Fsp3) is 0.533. The van der Waals surface area contributed by atoms with Crippen molar-refractivity contribution in [1.82, 2.24) is 4.90 Å². The van der Waals surface area contributed by atoms with Gasteiger partial charge < -0.3 is 10.6 Å². The van der Waals surface area contributed by atoms with Crippen LogP contribution in [0.4, 0.5) is 0 Å². The van der Waals surface area contributed by atoms with Crippen LogP contribution in [0.5, 0.6) is 0 Å². The van der Waals surface area contributed by atoms with Crippen molar-refractivity contribution >= 4 is 21.8 Å². The first-order chi connectivity index (χ1) is 9.19. The third kappa shape index (κ3) is 2.70. The minimum absolute atomic E-state index is 0.200. The topological polar surface area (TPSA) is 46.3 Å². The number of nitrogens with two attached hydrogens (primary N) is 1. The molecule has 0 spiro atoms. The van der Waals surface area contributed by atoms with Gasteiger partial charge in [0, 0.05) is 23.5 Å². The van der Waals surface area contributed by atoms with Gasteiger partial charge in [-0.2, -0.15) is 0 Å². The number of hydrogen-bond donors (Lipinski definition) is 1. The van der Waals surface area contributed by atoms with Gasteiger partial charge in [-0.1, -0.05) is 28.1 Å². The highest BCUT2D eigenvalue weighted by atomic mass is 79.9. The number of benzene rings is 1. The first kappa shape index (κ1) is 13.1. The van der Waals surface area contributed by atoms with E-state index in [2.05, 4.69) is 28.1 Å². The number of amides is 1. The van der Waals surface area contributed by atoms with Crippen LogP contribution in [-0.2, 0) is 4.79 Å². The third-order valence-corrected chi connectivity index (χ3v) is 4.81. The second-order valence-corrected chi connectivity index (χ2v) is 6.59. The maximum Gasteiger partial charge on any atom is 0.226 e. The fourth-order valence-corrected chi connectivity index (χ4v) is 3.45. The summed E-state index contributed by atoms with van der Waals surface area (Å²) in [5, 5.41) is 0. The quantitative estimate of drug-likeness (QED) is 0.928. The average molecular weight is 323 g/mol. The summed E-state index contributed by atoms with van der Waals surface area (Å²) in [5.41, 5.74) is 6.96. The molecule has 0 aromatic heterocycles. The standard InChI is InChI=1S/C15H19BrN2O/c16-12-3-1-2-11(6-12)13-7-14(13)15(19)18-5-4-10(8-17)9-18/h1-3,6,10,13-14H,4-5,7-9,17H2. The zero-order chi connectivity index (χ0) is 13.4. The second kappa shape index (κ2) is 5.25. The zero-order valence-corrected chi connectivity index (χ0v) is 12.5. The molecule has 2 aliphatic rings. The van der Waals surface area contributed by atoms with Crippen LogP contribution in [0.3, 0.4) is 0 Å². The van der Waals surface area contributed by atoms with E-state index >= 15 is 0 Å². The Hall–Kier alpha value is -0.870. The molecule has 1 aliphatic carbocycles. The monoisotopic (exact) mass is 322 g/mol. The van der Waals surface area contributed by atoms with Crippen LogP contribution in [-0.4, -0.2) is 30.4 Å². The Bertz CT molecular complexity index is 491. The Labute approximate surface area is 122 Å². The lowest BCUT2D eigenvalue weighted by Crippen LogP contribution is -2.31. The first-order valence-electron chi connectivity index (χ1n) is 6.93. The van der Waals surface area contributed by atoms with Gasteiger partial charge in [-0.15, -0.1) is 0 Å². The van der Waals surface area contributed by atoms with Crippen LogP contribution in [0.25, 0.3) is 0 Å². The molecule has 1 heterocycles. The zero-order valence-electron chi connectivity index (χ0n) is 10.9. The lowest BCUT2D eigenvalue weighted by atomic mass is 10.1. The summed E-state index contributed by atoms with van der Waals surface area (Å²) >= 11 is 3.49. The molecule has 2 fully saturated rings. The number of likely N-dealkylation sites (tertiary alicyclic amines) is 1. The molecule has 1 aliphatic heterocycles. The molecule has 4 heteroatoms. The molecular weight excluding hydrogens is 304 g/mol. The van der Waals surface area contributed by atoms with Crippen molar-refractivity contribution in [1.29, 1.82) is 0 Å². The van der Waals surface area contributed by atoms with Crippen LogP contribution in [0.15, 0.2) is 28.7 Å². The van der Waals surface area contributed by atoms with E-state index in [9.17, 15) is 4.79 Å². The van der Waals surface area contributed by atoms with Gasteiger partial charge in [-0.25, -0.2) is 0 Å². The molecule has 19 heavy (non-hydrogen) atoms. The van der Waals surface area contributed by atoms with Crippen molar-refractivity contribution < 1.29 is 4.79 Å². The van der Waals surface area contributed by atoms with E-state index in [4.69, 9.17) is 5.73 Å². The minimum atomic E-state index is 0.200. The number of carbonyl (C=O) groups is 1. The van der Waals surface area contributed by atoms with Crippen molar-refractivity contribution in [3.05, 3.63) is 34.3 Å². The second-order valence-electron chi connectivity index (χ2n) is 5.68. The van der Waals surface area contributed by atoms with Crippen molar-refractivity contribution in [2.45, 2.75) is 18.8 Å². The summed E-state index contributed by atoms with van der Waals surface area (Å²) in [6, 6.07) is 8.31. The van der Waals surface area contributed by atoms with Gasteiger partial charge in [0.2, 0.25) is 5.91 Å². The van der Waals surface area contributed by atoms with Crippen LogP contribution in [0, 0.1) is 11.8 Å². The van der Waals surface area contributed by atoms with Gasteiger partial charge in [-0.05, 0) is 48.9 Å². The van der Waals surface area contributed by atoms with E-state index in [1.807, 2.05) is 17.0 Å². The SMILES string of the molecule is NCC1CCN(C(=O)C2CC2c2cccc(Br)c2)C1. The van der Waals surface area contributed by atoms with E-state index in [0.717, 1.165) is 30.4 Å². The Balaban J connectivity index is 1.62.